The van der Waals surface area contributed by atoms with Crippen LogP contribution < -0.4 is 0 Å². The maximum atomic E-state index is 12.9. The molecule has 1 aliphatic rings. The topological polar surface area (TPSA) is 73.7 Å². The van der Waals surface area contributed by atoms with E-state index in [1.54, 1.807) is 48.8 Å². The number of aromatic nitrogens is 1. The minimum atomic E-state index is -0.682. The lowest BCUT2D eigenvalue weighted by atomic mass is 9.96. The van der Waals surface area contributed by atoms with Gasteiger partial charge in [0.25, 0.3) is 11.7 Å². The Bertz CT molecular complexity index is 909. The number of aliphatic hydroxyl groups is 1. The van der Waals surface area contributed by atoms with E-state index >= 15 is 0 Å². The van der Waals surface area contributed by atoms with Crippen LogP contribution in [0.1, 0.15) is 31.0 Å². The molecule has 1 aromatic heterocycles. The van der Waals surface area contributed by atoms with E-state index in [9.17, 15) is 14.7 Å². The van der Waals surface area contributed by atoms with Crippen LogP contribution in [0.2, 0.25) is 5.02 Å². The summed E-state index contributed by atoms with van der Waals surface area (Å²) in [5.41, 5.74) is 1.26. The summed E-state index contributed by atoms with van der Waals surface area (Å²) in [7, 11) is 0. The minimum Gasteiger partial charge on any atom is -0.507 e. The zero-order valence-electron chi connectivity index (χ0n) is 16.5. The normalized spacial score (nSPS) is 18.6. The summed E-state index contributed by atoms with van der Waals surface area (Å²) in [5, 5.41) is 11.4. The number of hydrogen-bond acceptors (Lipinski definition) is 5. The molecule has 0 spiro atoms. The molecule has 0 bridgehead atoms. The number of aliphatic hydroxyl groups excluding tert-OH is 1. The van der Waals surface area contributed by atoms with Crippen molar-refractivity contribution in [2.24, 2.45) is 0 Å². The maximum Gasteiger partial charge on any atom is 0.295 e. The van der Waals surface area contributed by atoms with Gasteiger partial charge in [-0.1, -0.05) is 25.4 Å². The Kier molecular flexibility index (Phi) is 6.67. The van der Waals surface area contributed by atoms with Crippen molar-refractivity contribution < 1.29 is 14.7 Å². The van der Waals surface area contributed by atoms with E-state index in [4.69, 9.17) is 11.6 Å². The highest BCUT2D eigenvalue weighted by Gasteiger charge is 2.45. The first kappa shape index (κ1) is 21.0. The van der Waals surface area contributed by atoms with Crippen molar-refractivity contribution in [2.75, 3.05) is 26.2 Å². The Morgan fingerprint density at radius 2 is 1.72 bits per heavy atom. The van der Waals surface area contributed by atoms with Crippen LogP contribution in [-0.4, -0.2) is 57.8 Å². The number of carbonyl (C=O) groups excluding carboxylic acids is 2. The van der Waals surface area contributed by atoms with Gasteiger partial charge in [-0.2, -0.15) is 0 Å². The maximum absolute atomic E-state index is 12.9. The van der Waals surface area contributed by atoms with Crippen molar-refractivity contribution in [3.05, 3.63) is 70.5 Å². The number of ketones is 1. The molecule has 0 saturated carbocycles. The van der Waals surface area contributed by atoms with Crippen LogP contribution >= 0.6 is 11.6 Å². The zero-order chi connectivity index (χ0) is 21.0. The number of pyridine rings is 1. The third-order valence-corrected chi connectivity index (χ3v) is 5.48. The standard InChI is InChI=1S/C22H24ClN3O3/c1-3-25(4-2)13-14-26-19(15-9-11-24-12-10-15)18(21(28)22(26)29)20(27)16-5-7-17(23)8-6-16/h5-12,19,27H,3-4,13-14H2,1-2H3/t19-/m1/s1. The van der Waals surface area contributed by atoms with E-state index in [1.165, 1.54) is 4.90 Å². The van der Waals surface area contributed by atoms with E-state index in [2.05, 4.69) is 23.7 Å². The minimum absolute atomic E-state index is 0.0862. The highest BCUT2D eigenvalue weighted by molar-refractivity contribution is 6.46. The third-order valence-electron chi connectivity index (χ3n) is 5.23. The molecular formula is C22H24ClN3O3. The molecule has 1 aliphatic heterocycles. The summed E-state index contributed by atoms with van der Waals surface area (Å²) in [6.45, 7) is 6.84. The van der Waals surface area contributed by atoms with Gasteiger partial charge in [0.05, 0.1) is 11.6 Å². The number of Topliss-reactive ketones (excluding diaryl/α,β-unsaturated/α-hetero) is 1. The predicted octanol–water partition coefficient (Wildman–Crippen LogP) is 3.50. The second-order valence-electron chi connectivity index (χ2n) is 6.81. The van der Waals surface area contributed by atoms with Gasteiger partial charge in [0.2, 0.25) is 0 Å². The van der Waals surface area contributed by atoms with Crippen molar-refractivity contribution >= 4 is 29.1 Å². The molecule has 0 aliphatic carbocycles. The molecule has 7 heteroatoms. The van der Waals surface area contributed by atoms with Crippen molar-refractivity contribution in [1.82, 2.24) is 14.8 Å². The van der Waals surface area contributed by atoms with Gasteiger partial charge in [-0.3, -0.25) is 14.6 Å². The SMILES string of the molecule is CCN(CC)CCN1C(=O)C(=O)C(=C(O)c2ccc(Cl)cc2)[C@H]1c1ccncc1. The van der Waals surface area contributed by atoms with Crippen LogP contribution in [-0.2, 0) is 9.59 Å². The number of nitrogens with zero attached hydrogens (tertiary/aromatic N) is 3. The van der Waals surface area contributed by atoms with Crippen LogP contribution in [0, 0.1) is 0 Å². The Morgan fingerprint density at radius 3 is 2.31 bits per heavy atom. The number of carbonyl (C=O) groups is 2. The van der Waals surface area contributed by atoms with Crippen molar-refractivity contribution in [1.29, 1.82) is 0 Å². The van der Waals surface area contributed by atoms with Crippen LogP contribution in [0.5, 0.6) is 0 Å². The highest BCUT2D eigenvalue weighted by atomic mass is 35.5. The van der Waals surface area contributed by atoms with Gasteiger partial charge >= 0.3 is 0 Å². The molecule has 6 nitrogen and oxygen atoms in total. The summed E-state index contributed by atoms with van der Waals surface area (Å²) in [4.78, 5) is 33.5. The molecule has 0 unspecified atom stereocenters. The van der Waals surface area contributed by atoms with Crippen molar-refractivity contribution in [2.45, 2.75) is 19.9 Å². The number of hydrogen-bond donors (Lipinski definition) is 1. The molecule has 1 amide bonds. The van der Waals surface area contributed by atoms with Gasteiger partial charge in [0.1, 0.15) is 5.76 Å². The number of likely N-dealkylation sites (tertiary alicyclic amines) is 1. The highest BCUT2D eigenvalue weighted by Crippen LogP contribution is 2.39. The molecule has 29 heavy (non-hydrogen) atoms. The number of amides is 1. The summed E-state index contributed by atoms with van der Waals surface area (Å²) in [6, 6.07) is 9.38. The van der Waals surface area contributed by atoms with Crippen molar-refractivity contribution in [3.8, 4) is 0 Å². The summed E-state index contributed by atoms with van der Waals surface area (Å²) < 4.78 is 0. The fourth-order valence-electron chi connectivity index (χ4n) is 3.56. The van der Waals surface area contributed by atoms with Crippen LogP contribution in [0.15, 0.2) is 54.4 Å². The molecule has 3 rings (SSSR count). The first-order chi connectivity index (χ1) is 14.0. The molecule has 2 heterocycles. The molecule has 2 aromatic rings. The Morgan fingerprint density at radius 1 is 1.10 bits per heavy atom. The molecule has 1 atom stereocenters. The lowest BCUT2D eigenvalue weighted by molar-refractivity contribution is -0.140. The second-order valence-corrected chi connectivity index (χ2v) is 7.24. The third kappa shape index (κ3) is 4.33. The Labute approximate surface area is 175 Å². The van der Waals surface area contributed by atoms with Gasteiger partial charge in [0, 0.05) is 36.1 Å². The first-order valence-corrected chi connectivity index (χ1v) is 10.0. The predicted molar refractivity (Wildman–Crippen MR) is 112 cm³/mol. The molecule has 152 valence electrons. The fourth-order valence-corrected chi connectivity index (χ4v) is 3.68. The van der Waals surface area contributed by atoms with E-state index in [-0.39, 0.29) is 11.3 Å². The second kappa shape index (κ2) is 9.20. The lowest BCUT2D eigenvalue weighted by Gasteiger charge is -2.28. The number of likely N-dealkylation sites (N-methyl/N-ethyl adjacent to an activating group) is 1. The molecule has 1 aromatic carbocycles. The van der Waals surface area contributed by atoms with Crippen molar-refractivity contribution in [3.63, 3.8) is 0 Å². The van der Waals surface area contributed by atoms with Gasteiger partial charge in [-0.05, 0) is 55.1 Å². The lowest BCUT2D eigenvalue weighted by Crippen LogP contribution is -2.38. The monoisotopic (exact) mass is 413 g/mol. The Balaban J connectivity index is 2.06. The van der Waals surface area contributed by atoms with E-state index in [0.717, 1.165) is 18.7 Å². The smallest absolute Gasteiger partial charge is 0.295 e. The first-order valence-electron chi connectivity index (χ1n) is 9.64. The zero-order valence-corrected chi connectivity index (χ0v) is 17.3. The molecule has 1 saturated heterocycles. The largest absolute Gasteiger partial charge is 0.507 e. The average Bonchev–Trinajstić information content (AvgIpc) is 3.00. The van der Waals surface area contributed by atoms with Crippen LogP contribution in [0.4, 0.5) is 0 Å². The van der Waals surface area contributed by atoms with E-state index in [1.807, 2.05) is 0 Å². The number of benzene rings is 1. The number of halogens is 1. The summed E-state index contributed by atoms with van der Waals surface area (Å²) in [5.74, 6) is -1.49. The van der Waals surface area contributed by atoms with Gasteiger partial charge in [-0.25, -0.2) is 0 Å². The van der Waals surface area contributed by atoms with Crippen LogP contribution in [0.3, 0.4) is 0 Å². The average molecular weight is 414 g/mol. The molecule has 1 fully saturated rings. The fraction of sp³-hybridized carbons (Fsp3) is 0.318. The molecule has 0 radical (unpaired) electrons. The van der Waals surface area contributed by atoms with Gasteiger partial charge < -0.3 is 14.9 Å². The van der Waals surface area contributed by atoms with Gasteiger partial charge in [0.15, 0.2) is 0 Å². The quantitative estimate of drug-likeness (QED) is 0.427. The summed E-state index contributed by atoms with van der Waals surface area (Å²) >= 11 is 5.94. The van der Waals surface area contributed by atoms with E-state index in [0.29, 0.717) is 23.7 Å². The molecular weight excluding hydrogens is 390 g/mol. The Hall–Kier alpha value is -2.70. The number of rotatable bonds is 7. The van der Waals surface area contributed by atoms with Crippen LogP contribution in [0.25, 0.3) is 5.76 Å². The molecule has 1 N–H and O–H groups in total. The van der Waals surface area contributed by atoms with E-state index < -0.39 is 17.7 Å². The van der Waals surface area contributed by atoms with Gasteiger partial charge in [-0.15, -0.1) is 0 Å². The summed E-state index contributed by atoms with van der Waals surface area (Å²) in [6.07, 6.45) is 3.23.